The molecule has 2 saturated heterocycles. The number of fused-ring (bicyclic) bond motifs is 1. The fourth-order valence-electron chi connectivity index (χ4n) is 2.94. The van der Waals surface area contributed by atoms with Gasteiger partial charge >= 0.3 is 0 Å². The van der Waals surface area contributed by atoms with Crippen molar-refractivity contribution < 1.29 is 4.79 Å². The summed E-state index contributed by atoms with van der Waals surface area (Å²) in [5.74, 6) is 0.348. The van der Waals surface area contributed by atoms with Gasteiger partial charge in [-0.05, 0) is 18.1 Å². The summed E-state index contributed by atoms with van der Waals surface area (Å²) in [6.45, 7) is 3.88. The highest BCUT2D eigenvalue weighted by atomic mass is 79.9. The van der Waals surface area contributed by atoms with Crippen LogP contribution in [0.3, 0.4) is 0 Å². The number of halogens is 1. The van der Waals surface area contributed by atoms with Gasteiger partial charge in [0.25, 0.3) is 0 Å². The summed E-state index contributed by atoms with van der Waals surface area (Å²) in [5, 5.41) is 0. The normalized spacial score (nSPS) is 24.4. The zero-order valence-corrected chi connectivity index (χ0v) is 11.9. The van der Waals surface area contributed by atoms with Crippen molar-refractivity contribution in [2.45, 2.75) is 25.4 Å². The fourth-order valence-corrected chi connectivity index (χ4v) is 3.35. The van der Waals surface area contributed by atoms with Crippen LogP contribution in [-0.4, -0.2) is 41.4 Å². The van der Waals surface area contributed by atoms with E-state index in [1.165, 1.54) is 10.0 Å². The maximum Gasteiger partial charge on any atom is 0.222 e. The SMILES string of the molecule is O=C1CCC2CN(Cc3ccccc3Br)CCN12. The highest BCUT2D eigenvalue weighted by molar-refractivity contribution is 9.10. The van der Waals surface area contributed by atoms with Crippen LogP contribution in [-0.2, 0) is 11.3 Å². The Hall–Kier alpha value is -0.870. The molecule has 0 radical (unpaired) electrons. The zero-order chi connectivity index (χ0) is 12.5. The molecule has 0 aromatic heterocycles. The molecule has 3 nitrogen and oxygen atoms in total. The Balaban J connectivity index is 1.66. The highest BCUT2D eigenvalue weighted by Gasteiger charge is 2.35. The van der Waals surface area contributed by atoms with E-state index in [0.29, 0.717) is 11.9 Å². The Kier molecular flexibility index (Phi) is 3.39. The van der Waals surface area contributed by atoms with Gasteiger partial charge in [0.2, 0.25) is 5.91 Å². The van der Waals surface area contributed by atoms with Crippen LogP contribution >= 0.6 is 15.9 Å². The van der Waals surface area contributed by atoms with E-state index in [4.69, 9.17) is 0 Å². The first kappa shape index (κ1) is 12.2. The molecule has 0 bridgehead atoms. The second-order valence-electron chi connectivity index (χ2n) is 5.11. The molecule has 1 atom stereocenters. The monoisotopic (exact) mass is 308 g/mol. The Labute approximate surface area is 116 Å². The van der Waals surface area contributed by atoms with Crippen molar-refractivity contribution in [2.75, 3.05) is 19.6 Å². The van der Waals surface area contributed by atoms with Crippen molar-refractivity contribution in [3.05, 3.63) is 34.3 Å². The third-order valence-electron chi connectivity index (χ3n) is 3.93. The topological polar surface area (TPSA) is 23.6 Å². The second kappa shape index (κ2) is 5.02. The van der Waals surface area contributed by atoms with Crippen molar-refractivity contribution in [3.63, 3.8) is 0 Å². The van der Waals surface area contributed by atoms with Crippen LogP contribution in [0.2, 0.25) is 0 Å². The third-order valence-corrected chi connectivity index (χ3v) is 4.70. The molecule has 0 aliphatic carbocycles. The molecule has 2 aliphatic rings. The number of amides is 1. The van der Waals surface area contributed by atoms with Crippen LogP contribution < -0.4 is 0 Å². The Morgan fingerprint density at radius 1 is 1.28 bits per heavy atom. The Bertz CT molecular complexity index is 463. The summed E-state index contributed by atoms with van der Waals surface area (Å²) < 4.78 is 1.18. The molecule has 3 rings (SSSR count). The van der Waals surface area contributed by atoms with Gasteiger partial charge in [0, 0.05) is 43.1 Å². The number of hydrogen-bond donors (Lipinski definition) is 0. The maximum absolute atomic E-state index is 11.6. The van der Waals surface area contributed by atoms with Gasteiger partial charge in [0.1, 0.15) is 0 Å². The molecule has 0 saturated carbocycles. The van der Waals surface area contributed by atoms with Gasteiger partial charge in [0.15, 0.2) is 0 Å². The van der Waals surface area contributed by atoms with Crippen LogP contribution in [0.15, 0.2) is 28.7 Å². The van der Waals surface area contributed by atoms with E-state index in [0.717, 1.165) is 39.0 Å². The number of nitrogens with zero attached hydrogens (tertiary/aromatic N) is 2. The summed E-state index contributed by atoms with van der Waals surface area (Å²) in [7, 11) is 0. The second-order valence-corrected chi connectivity index (χ2v) is 5.96. The van der Waals surface area contributed by atoms with E-state index < -0.39 is 0 Å². The summed E-state index contributed by atoms with van der Waals surface area (Å²) in [6.07, 6.45) is 1.78. The molecule has 4 heteroatoms. The van der Waals surface area contributed by atoms with Gasteiger partial charge in [0.05, 0.1) is 0 Å². The van der Waals surface area contributed by atoms with Gasteiger partial charge in [-0.1, -0.05) is 34.1 Å². The number of hydrogen-bond acceptors (Lipinski definition) is 2. The minimum Gasteiger partial charge on any atom is -0.337 e. The average molecular weight is 309 g/mol. The lowest BCUT2D eigenvalue weighted by molar-refractivity contribution is -0.130. The molecule has 1 amide bonds. The van der Waals surface area contributed by atoms with Gasteiger partial charge in [-0.25, -0.2) is 0 Å². The van der Waals surface area contributed by atoms with E-state index in [1.54, 1.807) is 0 Å². The number of piperazine rings is 1. The molecule has 1 aromatic rings. The molecule has 1 unspecified atom stereocenters. The number of benzene rings is 1. The lowest BCUT2D eigenvalue weighted by Gasteiger charge is -2.37. The highest BCUT2D eigenvalue weighted by Crippen LogP contribution is 2.25. The van der Waals surface area contributed by atoms with E-state index >= 15 is 0 Å². The summed E-state index contributed by atoms with van der Waals surface area (Å²) in [4.78, 5) is 16.2. The van der Waals surface area contributed by atoms with E-state index in [-0.39, 0.29) is 0 Å². The van der Waals surface area contributed by atoms with Crippen molar-refractivity contribution >= 4 is 21.8 Å². The van der Waals surface area contributed by atoms with E-state index in [2.05, 4.69) is 43.9 Å². The first-order valence-electron chi connectivity index (χ1n) is 6.49. The first-order valence-corrected chi connectivity index (χ1v) is 7.28. The van der Waals surface area contributed by atoms with Gasteiger partial charge < -0.3 is 4.90 Å². The van der Waals surface area contributed by atoms with Crippen molar-refractivity contribution in [1.29, 1.82) is 0 Å². The molecule has 2 aliphatic heterocycles. The third kappa shape index (κ3) is 2.31. The van der Waals surface area contributed by atoms with Crippen LogP contribution in [0.5, 0.6) is 0 Å². The molecule has 0 spiro atoms. The molecule has 1 aromatic carbocycles. The minimum absolute atomic E-state index is 0.348. The van der Waals surface area contributed by atoms with Crippen LogP contribution in [0.1, 0.15) is 18.4 Å². The van der Waals surface area contributed by atoms with Crippen LogP contribution in [0.25, 0.3) is 0 Å². The summed E-state index contributed by atoms with van der Waals surface area (Å²) in [6, 6.07) is 8.83. The quantitative estimate of drug-likeness (QED) is 0.836. The molecular weight excluding hydrogens is 292 g/mol. The summed E-state index contributed by atoms with van der Waals surface area (Å²) in [5.41, 5.74) is 1.33. The molecule has 2 fully saturated rings. The van der Waals surface area contributed by atoms with Crippen LogP contribution in [0.4, 0.5) is 0 Å². The van der Waals surface area contributed by atoms with Crippen LogP contribution in [0, 0.1) is 0 Å². The first-order chi connectivity index (χ1) is 8.74. The predicted octanol–water partition coefficient (Wildman–Crippen LogP) is 2.26. The van der Waals surface area contributed by atoms with Gasteiger partial charge in [-0.2, -0.15) is 0 Å². The lowest BCUT2D eigenvalue weighted by Crippen LogP contribution is -2.50. The zero-order valence-electron chi connectivity index (χ0n) is 10.3. The largest absolute Gasteiger partial charge is 0.337 e. The van der Waals surface area contributed by atoms with E-state index in [9.17, 15) is 4.79 Å². The molecule has 96 valence electrons. The van der Waals surface area contributed by atoms with Crippen molar-refractivity contribution in [3.8, 4) is 0 Å². The maximum atomic E-state index is 11.6. The van der Waals surface area contributed by atoms with E-state index in [1.807, 2.05) is 6.07 Å². The Morgan fingerprint density at radius 2 is 2.11 bits per heavy atom. The van der Waals surface area contributed by atoms with Gasteiger partial charge in [-0.15, -0.1) is 0 Å². The molecule has 18 heavy (non-hydrogen) atoms. The molecule has 2 heterocycles. The predicted molar refractivity (Wildman–Crippen MR) is 74.2 cm³/mol. The molecule has 0 N–H and O–H groups in total. The lowest BCUT2D eigenvalue weighted by atomic mass is 10.1. The van der Waals surface area contributed by atoms with Crippen molar-refractivity contribution in [1.82, 2.24) is 9.80 Å². The summed E-state index contributed by atoms with van der Waals surface area (Å²) >= 11 is 3.60. The number of rotatable bonds is 2. The average Bonchev–Trinajstić information content (AvgIpc) is 2.74. The molecular formula is C14H17BrN2O. The smallest absolute Gasteiger partial charge is 0.222 e. The Morgan fingerprint density at radius 3 is 2.94 bits per heavy atom. The van der Waals surface area contributed by atoms with Gasteiger partial charge in [-0.3, -0.25) is 9.69 Å². The fraction of sp³-hybridized carbons (Fsp3) is 0.500. The number of carbonyl (C=O) groups excluding carboxylic acids is 1. The minimum atomic E-state index is 0.348. The number of carbonyl (C=O) groups is 1. The van der Waals surface area contributed by atoms with Crippen molar-refractivity contribution in [2.24, 2.45) is 0 Å². The standard InChI is InChI=1S/C14H17BrN2O/c15-13-4-2-1-3-11(13)9-16-7-8-17-12(10-16)5-6-14(17)18/h1-4,12H,5-10H2.